The molecule has 0 aliphatic rings. The fraction of sp³-hybridized carbons (Fsp3) is 0.533. The smallest absolute Gasteiger partial charge is 0.338 e. The Labute approximate surface area is 119 Å². The maximum Gasteiger partial charge on any atom is 0.338 e. The average Bonchev–Trinajstić information content (AvgIpc) is 2.47. The van der Waals surface area contributed by atoms with E-state index in [1.54, 1.807) is 18.2 Å². The molecule has 108 valence electrons. The summed E-state index contributed by atoms with van der Waals surface area (Å²) in [5.74, 6) is -0.367. The Morgan fingerprint density at radius 3 is 2.75 bits per heavy atom. The molecule has 1 aromatic carbocycles. The van der Waals surface area contributed by atoms with Crippen LogP contribution < -0.4 is 0 Å². The molecule has 0 fully saturated rings. The van der Waals surface area contributed by atoms with Crippen molar-refractivity contribution in [2.45, 2.75) is 45.4 Å². The number of benzene rings is 1. The molecule has 1 rings (SSSR count). The molecule has 5 heteroatoms. The van der Waals surface area contributed by atoms with Crippen molar-refractivity contribution in [1.82, 2.24) is 0 Å². The second-order valence-corrected chi connectivity index (χ2v) is 4.64. The molecule has 0 heterocycles. The number of hydrogen-bond acceptors (Lipinski definition) is 3. The summed E-state index contributed by atoms with van der Waals surface area (Å²) in [6.07, 6.45) is 6.93. The van der Waals surface area contributed by atoms with Crippen molar-refractivity contribution in [3.05, 3.63) is 40.3 Å². The highest BCUT2D eigenvalue weighted by Crippen LogP contribution is 2.15. The van der Waals surface area contributed by atoms with Crippen molar-refractivity contribution in [3.63, 3.8) is 0 Å². The average molecular weight is 275 g/mol. The molecule has 5 nitrogen and oxygen atoms in total. The Hall–Kier alpha value is -2.00. The van der Waals surface area contributed by atoms with Gasteiger partial charge in [0.1, 0.15) is 0 Å². The van der Waals surface area contributed by atoms with Crippen molar-refractivity contribution in [2.24, 2.45) is 5.11 Å². The summed E-state index contributed by atoms with van der Waals surface area (Å²) in [5, 5.41) is 3.46. The molecule has 0 aromatic heterocycles. The van der Waals surface area contributed by atoms with Gasteiger partial charge in [-0.15, -0.1) is 0 Å². The minimum Gasteiger partial charge on any atom is -0.462 e. The summed E-state index contributed by atoms with van der Waals surface area (Å²) in [5.41, 5.74) is 9.19. The minimum atomic E-state index is -0.367. The lowest BCUT2D eigenvalue weighted by molar-refractivity contribution is 0.0497. The van der Waals surface area contributed by atoms with Crippen molar-refractivity contribution in [1.29, 1.82) is 0 Å². The first-order valence-corrected chi connectivity index (χ1v) is 7.10. The van der Waals surface area contributed by atoms with E-state index in [0.717, 1.165) is 12.8 Å². The standard InChI is InChI=1S/C15H21N3O2/c1-2-3-4-5-6-7-11-20-15(19)13-9-8-10-14(12-13)17-18-16/h8-10,12H,2-7,11H2,1H3. The molecule has 0 N–H and O–H groups in total. The van der Waals surface area contributed by atoms with Crippen LogP contribution in [0.3, 0.4) is 0 Å². The van der Waals surface area contributed by atoms with Gasteiger partial charge in [0.25, 0.3) is 0 Å². The summed E-state index contributed by atoms with van der Waals surface area (Å²) >= 11 is 0. The highest BCUT2D eigenvalue weighted by atomic mass is 16.5. The van der Waals surface area contributed by atoms with E-state index in [4.69, 9.17) is 10.3 Å². The van der Waals surface area contributed by atoms with Crippen LogP contribution in [-0.4, -0.2) is 12.6 Å². The Balaban J connectivity index is 2.28. The van der Waals surface area contributed by atoms with E-state index in [1.807, 2.05) is 0 Å². The Kier molecular flexibility index (Phi) is 7.92. The molecule has 0 aliphatic carbocycles. The third kappa shape index (κ3) is 6.25. The number of ether oxygens (including phenoxy) is 1. The lowest BCUT2D eigenvalue weighted by atomic mass is 10.1. The van der Waals surface area contributed by atoms with Crippen LogP contribution in [0, 0.1) is 0 Å². The largest absolute Gasteiger partial charge is 0.462 e. The molecule has 1 aromatic rings. The molecule has 0 saturated heterocycles. The maximum absolute atomic E-state index is 11.8. The van der Waals surface area contributed by atoms with Crippen LogP contribution in [0.2, 0.25) is 0 Å². The van der Waals surface area contributed by atoms with Gasteiger partial charge in [-0.3, -0.25) is 0 Å². The number of carbonyl (C=O) groups is 1. The first kappa shape index (κ1) is 16.1. The monoisotopic (exact) mass is 275 g/mol. The van der Waals surface area contributed by atoms with Crippen molar-refractivity contribution in [3.8, 4) is 0 Å². The van der Waals surface area contributed by atoms with Crippen molar-refractivity contribution < 1.29 is 9.53 Å². The molecule has 0 aliphatic heterocycles. The van der Waals surface area contributed by atoms with Gasteiger partial charge in [0.15, 0.2) is 0 Å². The molecule has 0 unspecified atom stereocenters. The summed E-state index contributed by atoms with van der Waals surface area (Å²) in [4.78, 5) is 14.5. The van der Waals surface area contributed by atoms with Crippen LogP contribution >= 0.6 is 0 Å². The summed E-state index contributed by atoms with van der Waals surface area (Å²) in [6.45, 7) is 2.63. The molecule has 0 radical (unpaired) electrons. The van der Waals surface area contributed by atoms with Gasteiger partial charge in [0.05, 0.1) is 12.2 Å². The SMILES string of the molecule is CCCCCCCCOC(=O)c1cccc(N=[N+]=[N-])c1. The summed E-state index contributed by atoms with van der Waals surface area (Å²) in [7, 11) is 0. The van der Waals surface area contributed by atoms with E-state index in [9.17, 15) is 4.79 Å². The second kappa shape index (κ2) is 9.87. The second-order valence-electron chi connectivity index (χ2n) is 4.64. The van der Waals surface area contributed by atoms with Crippen LogP contribution in [0.25, 0.3) is 10.4 Å². The number of rotatable bonds is 9. The zero-order valence-electron chi connectivity index (χ0n) is 11.9. The molecule has 0 saturated carbocycles. The molecule has 0 atom stereocenters. The van der Waals surface area contributed by atoms with Gasteiger partial charge in [-0.1, -0.05) is 56.3 Å². The van der Waals surface area contributed by atoms with Gasteiger partial charge in [-0.25, -0.2) is 4.79 Å². The fourth-order valence-electron chi connectivity index (χ4n) is 1.88. The molecular weight excluding hydrogens is 254 g/mol. The van der Waals surface area contributed by atoms with Crippen LogP contribution in [-0.2, 0) is 4.74 Å². The first-order valence-electron chi connectivity index (χ1n) is 7.10. The van der Waals surface area contributed by atoms with Gasteiger partial charge in [0.2, 0.25) is 0 Å². The zero-order valence-corrected chi connectivity index (χ0v) is 11.9. The lowest BCUT2D eigenvalue weighted by Gasteiger charge is -2.05. The van der Waals surface area contributed by atoms with Crippen LogP contribution in [0.15, 0.2) is 29.4 Å². The number of unbranched alkanes of at least 4 members (excludes halogenated alkanes) is 5. The van der Waals surface area contributed by atoms with Gasteiger partial charge in [-0.05, 0) is 24.1 Å². The van der Waals surface area contributed by atoms with Crippen LogP contribution in [0.4, 0.5) is 5.69 Å². The Bertz CT molecular complexity index is 468. The van der Waals surface area contributed by atoms with Gasteiger partial charge >= 0.3 is 5.97 Å². The molecular formula is C15H21N3O2. The highest BCUT2D eigenvalue weighted by Gasteiger charge is 2.06. The highest BCUT2D eigenvalue weighted by molar-refractivity contribution is 5.90. The van der Waals surface area contributed by atoms with Crippen molar-refractivity contribution >= 4 is 11.7 Å². The molecule has 0 bridgehead atoms. The number of hydrogen-bond donors (Lipinski definition) is 0. The van der Waals surface area contributed by atoms with E-state index in [1.165, 1.54) is 31.7 Å². The fourth-order valence-corrected chi connectivity index (χ4v) is 1.88. The maximum atomic E-state index is 11.8. The number of nitrogens with zero attached hydrogens (tertiary/aromatic N) is 3. The number of carbonyl (C=O) groups excluding carboxylic acids is 1. The van der Waals surface area contributed by atoms with E-state index in [-0.39, 0.29) is 5.97 Å². The van der Waals surface area contributed by atoms with E-state index in [0.29, 0.717) is 17.9 Å². The quantitative estimate of drug-likeness (QED) is 0.205. The first-order chi connectivity index (χ1) is 9.77. The van der Waals surface area contributed by atoms with Crippen molar-refractivity contribution in [2.75, 3.05) is 6.61 Å². The number of esters is 1. The third-order valence-corrected chi connectivity index (χ3v) is 2.97. The van der Waals surface area contributed by atoms with Gasteiger partial charge in [0, 0.05) is 10.6 Å². The molecule has 20 heavy (non-hydrogen) atoms. The Morgan fingerprint density at radius 1 is 1.25 bits per heavy atom. The van der Waals surface area contributed by atoms with Gasteiger partial charge < -0.3 is 4.74 Å². The topological polar surface area (TPSA) is 75.1 Å². The normalized spacial score (nSPS) is 9.85. The van der Waals surface area contributed by atoms with E-state index >= 15 is 0 Å². The molecule has 0 amide bonds. The minimum absolute atomic E-state index is 0.367. The molecule has 0 spiro atoms. The number of azide groups is 1. The Morgan fingerprint density at radius 2 is 2.00 bits per heavy atom. The predicted octanol–water partition coefficient (Wildman–Crippen LogP) is 5.15. The zero-order chi connectivity index (χ0) is 14.6. The van der Waals surface area contributed by atoms with Crippen LogP contribution in [0.5, 0.6) is 0 Å². The summed E-state index contributed by atoms with van der Waals surface area (Å²) in [6, 6.07) is 6.50. The third-order valence-electron chi connectivity index (χ3n) is 2.97. The van der Waals surface area contributed by atoms with E-state index in [2.05, 4.69) is 16.9 Å². The van der Waals surface area contributed by atoms with E-state index < -0.39 is 0 Å². The summed E-state index contributed by atoms with van der Waals surface area (Å²) < 4.78 is 5.19. The predicted molar refractivity (Wildman–Crippen MR) is 78.9 cm³/mol. The van der Waals surface area contributed by atoms with Gasteiger partial charge in [-0.2, -0.15) is 0 Å². The lowest BCUT2D eigenvalue weighted by Crippen LogP contribution is -2.06. The van der Waals surface area contributed by atoms with Crippen LogP contribution in [0.1, 0.15) is 55.8 Å².